The summed E-state index contributed by atoms with van der Waals surface area (Å²) in [6, 6.07) is 140. The van der Waals surface area contributed by atoms with E-state index in [1.807, 2.05) is 158 Å². The second kappa shape index (κ2) is 33.6. The summed E-state index contributed by atoms with van der Waals surface area (Å²) < 4.78 is 23.6. The van der Waals surface area contributed by atoms with Crippen molar-refractivity contribution in [3.05, 3.63) is 415 Å². The van der Waals surface area contributed by atoms with Crippen molar-refractivity contribution < 1.29 is 9.31 Å². The summed E-state index contributed by atoms with van der Waals surface area (Å²) in [5.74, 6) is 3.82. The first-order valence-corrected chi connectivity index (χ1v) is 43.8. The van der Waals surface area contributed by atoms with Crippen LogP contribution in [0, 0.1) is 0 Å². The summed E-state index contributed by atoms with van der Waals surface area (Å²) in [7, 11) is -0.418. The van der Waals surface area contributed by atoms with Crippen molar-refractivity contribution >= 4 is 100 Å². The molecule has 0 spiro atoms. The molecule has 1 saturated heterocycles. The highest BCUT2D eigenvalue weighted by Gasteiger charge is 2.52. The van der Waals surface area contributed by atoms with Gasteiger partial charge in [0.2, 0.25) is 11.6 Å². The molecule has 0 atom stereocenters. The van der Waals surface area contributed by atoms with Gasteiger partial charge < -0.3 is 9.31 Å². The number of para-hydroxylation sites is 8. The second-order valence-corrected chi connectivity index (χ2v) is 34.3. The highest BCUT2D eigenvalue weighted by Crippen LogP contribution is 2.42. The van der Waals surface area contributed by atoms with Crippen LogP contribution in [-0.4, -0.2) is 76.1 Å². The van der Waals surface area contributed by atoms with Crippen molar-refractivity contribution in [2.75, 3.05) is 0 Å². The number of imidazole rings is 4. The van der Waals surface area contributed by atoms with Crippen molar-refractivity contribution in [1.82, 2.24) is 57.8 Å². The fraction of sp³-hybridized carbons (Fsp3) is 0.0545. The molecule has 17 heteroatoms. The number of halogens is 2. The lowest BCUT2D eigenvalue weighted by Crippen LogP contribution is -2.41. The van der Waals surface area contributed by atoms with E-state index in [0.29, 0.717) is 17.5 Å². The third-order valence-corrected chi connectivity index (χ3v) is 24.6. The van der Waals surface area contributed by atoms with Crippen LogP contribution >= 0.6 is 31.9 Å². The molecule has 22 aromatic rings. The number of aromatic nitrogens is 12. The molecule has 1 fully saturated rings. The van der Waals surface area contributed by atoms with E-state index in [1.54, 1.807) is 0 Å². The van der Waals surface area contributed by atoms with Crippen LogP contribution in [0.3, 0.4) is 0 Å². The first kappa shape index (κ1) is 79.2. The molecule has 7 aromatic heterocycles. The fourth-order valence-corrected chi connectivity index (χ4v) is 18.0. The number of fused-ring (bicyclic) bond motifs is 10. The quantitative estimate of drug-likeness (QED) is 0.0967. The molecule has 0 N–H and O–H groups in total. The number of benzene rings is 15. The van der Waals surface area contributed by atoms with Gasteiger partial charge in [0, 0.05) is 53.5 Å². The van der Waals surface area contributed by atoms with Gasteiger partial charge in [-0.2, -0.15) is 0 Å². The highest BCUT2D eigenvalue weighted by atomic mass is 79.9. The summed E-state index contributed by atoms with van der Waals surface area (Å²) in [4.78, 5) is 40.5. The molecule has 0 saturated carbocycles. The zero-order valence-corrected chi connectivity index (χ0v) is 72.9. The standard InChI is InChI=1S/C63H41N7.C28H27BN2O2.C19H11Br2N3/c1-5-19-42(20-6-1)54-40-56(66-61(64-54)44-23-9-3-10-24-44)48-29-17-27-46(35-48)50-37-51(39-52(38-50)69-59-33-15-16-34-60(59)70-58-32-14-13-31-53(58)68-63(69)70)47-28-18-30-49(36-47)57-41-55(43-21-7-2-8-22-43)65-62(67-57)45-25-11-4-12-26-45;1-27(2)28(3,4)33-29(32-27)23-17-11-16-22(18-23)25-19-24(20-12-7-5-8-13-20)30-26(31-25)21-14-9-6-10-15-21;20-12-9-13(21)11-14(10-12)23-17-7-3-4-8-18(17)24-16-6-2-1-5-15(16)22-19(23)24/h1-41H;5-19H,1-4H3;1-11H. The Kier molecular flexibility index (Phi) is 21.0. The third-order valence-electron chi connectivity index (χ3n) is 23.7. The van der Waals surface area contributed by atoms with Crippen LogP contribution in [0.2, 0.25) is 0 Å². The van der Waals surface area contributed by atoms with Gasteiger partial charge in [-0.15, -0.1) is 0 Å². The monoisotopic (exact) mass is 1770 g/mol. The Balaban J connectivity index is 0.000000141. The Morgan fingerprint density at radius 2 is 0.504 bits per heavy atom. The molecule has 8 heterocycles. The van der Waals surface area contributed by atoms with Gasteiger partial charge in [0.05, 0.1) is 101 Å². The SMILES string of the molecule is Brc1cc(Br)cc(-n2c3ccccc3n3c4ccccc4nc23)c1.CC1(C)OB(c2cccc(-c3cc(-c4ccccc4)nc(-c4ccccc4)n3)c2)OC1(C)C.c1ccc(-c2cc(-c3cccc(-c4cc(-c5cccc(-c6cc(-c7ccccc7)nc(-c7ccccc7)n6)c5)cc(-n5c6ccccc6n6c7ccccc7nc56)c4)c3)nc(-c3ccccc3)n2)cc1. The van der Waals surface area contributed by atoms with Crippen LogP contribution in [0.5, 0.6) is 0 Å². The predicted molar refractivity (Wildman–Crippen MR) is 523 cm³/mol. The number of nitrogens with zero attached hydrogens (tertiary/aromatic N) is 12. The van der Waals surface area contributed by atoms with E-state index in [0.717, 1.165) is 188 Å². The molecule has 127 heavy (non-hydrogen) atoms. The molecule has 1 aliphatic rings. The van der Waals surface area contributed by atoms with E-state index >= 15 is 0 Å². The van der Waals surface area contributed by atoms with E-state index in [1.165, 1.54) is 0 Å². The molecule has 0 bridgehead atoms. The maximum Gasteiger partial charge on any atom is 0.494 e. The summed E-state index contributed by atoms with van der Waals surface area (Å²) in [6.07, 6.45) is 0. The van der Waals surface area contributed by atoms with Crippen molar-refractivity contribution in [3.63, 3.8) is 0 Å². The van der Waals surface area contributed by atoms with Crippen LogP contribution in [0.15, 0.2) is 415 Å². The summed E-state index contributed by atoms with van der Waals surface area (Å²) >= 11 is 7.18. The van der Waals surface area contributed by atoms with Crippen molar-refractivity contribution in [2.24, 2.45) is 0 Å². The Morgan fingerprint density at radius 3 is 0.874 bits per heavy atom. The summed E-state index contributed by atoms with van der Waals surface area (Å²) in [5, 5.41) is 0. The van der Waals surface area contributed by atoms with Crippen LogP contribution < -0.4 is 5.46 Å². The Hall–Kier alpha value is -15.0. The van der Waals surface area contributed by atoms with Gasteiger partial charge in [-0.1, -0.05) is 323 Å². The minimum absolute atomic E-state index is 0.385. The van der Waals surface area contributed by atoms with Crippen molar-refractivity contribution in [2.45, 2.75) is 38.9 Å². The van der Waals surface area contributed by atoms with Crippen LogP contribution in [0.4, 0.5) is 0 Å². The maximum atomic E-state index is 6.27. The van der Waals surface area contributed by atoms with Gasteiger partial charge in [-0.25, -0.2) is 39.9 Å². The largest absolute Gasteiger partial charge is 0.494 e. The molecule has 0 unspecified atom stereocenters. The molecule has 0 aliphatic carbocycles. The average molecular weight is 1770 g/mol. The van der Waals surface area contributed by atoms with E-state index in [-0.39, 0.29) is 11.2 Å². The molecule has 0 amide bonds. The first-order chi connectivity index (χ1) is 62.2. The molecule has 15 aromatic carbocycles. The summed E-state index contributed by atoms with van der Waals surface area (Å²) in [5.41, 5.74) is 29.2. The highest BCUT2D eigenvalue weighted by molar-refractivity contribution is 9.11. The lowest BCUT2D eigenvalue weighted by molar-refractivity contribution is 0.00578. The maximum absolute atomic E-state index is 6.27. The van der Waals surface area contributed by atoms with Gasteiger partial charge in [-0.05, 0) is 176 Å². The average Bonchev–Trinajstić information content (AvgIpc) is 1.56. The number of hydrogen-bond acceptors (Lipinski definition) is 10. The van der Waals surface area contributed by atoms with Gasteiger partial charge in [0.25, 0.3) is 0 Å². The topological polar surface area (TPSA) is 140 Å². The number of hydrogen-bond donors (Lipinski definition) is 0. The zero-order valence-electron chi connectivity index (χ0n) is 69.7. The van der Waals surface area contributed by atoms with Gasteiger partial charge in [-0.3, -0.25) is 17.9 Å². The van der Waals surface area contributed by atoms with E-state index < -0.39 is 7.12 Å². The van der Waals surface area contributed by atoms with Crippen LogP contribution in [-0.2, 0) is 9.31 Å². The lowest BCUT2D eigenvalue weighted by atomic mass is 9.78. The second-order valence-electron chi connectivity index (χ2n) is 32.5. The summed E-state index contributed by atoms with van der Waals surface area (Å²) in [6.45, 7) is 8.28. The fourth-order valence-electron chi connectivity index (χ4n) is 16.7. The Morgan fingerprint density at radius 1 is 0.228 bits per heavy atom. The predicted octanol–water partition coefficient (Wildman–Crippen LogP) is 27.1. The van der Waals surface area contributed by atoms with E-state index in [2.05, 4.69) is 326 Å². The third kappa shape index (κ3) is 15.7. The molecule has 608 valence electrons. The van der Waals surface area contributed by atoms with Gasteiger partial charge >= 0.3 is 7.12 Å². The molecular weight excluding hydrogens is 1690 g/mol. The van der Waals surface area contributed by atoms with E-state index in [9.17, 15) is 0 Å². The molecular formula is C110H79BBr2N12O2. The normalized spacial score (nSPS) is 12.9. The lowest BCUT2D eigenvalue weighted by Gasteiger charge is -2.32. The molecule has 1 aliphatic heterocycles. The zero-order chi connectivity index (χ0) is 85.7. The van der Waals surface area contributed by atoms with Crippen LogP contribution in [0.25, 0.3) is 191 Å². The van der Waals surface area contributed by atoms with Crippen LogP contribution in [0.1, 0.15) is 27.7 Å². The Labute approximate surface area is 751 Å². The van der Waals surface area contributed by atoms with Gasteiger partial charge in [0.15, 0.2) is 17.5 Å². The van der Waals surface area contributed by atoms with Gasteiger partial charge in [0.1, 0.15) is 0 Å². The van der Waals surface area contributed by atoms with Crippen molar-refractivity contribution in [1.29, 1.82) is 0 Å². The number of rotatable bonds is 14. The minimum Gasteiger partial charge on any atom is -0.399 e. The minimum atomic E-state index is -0.418. The molecule has 23 rings (SSSR count). The Bertz CT molecular complexity index is 7480. The molecule has 0 radical (unpaired) electrons. The smallest absolute Gasteiger partial charge is 0.399 e. The first-order valence-electron chi connectivity index (χ1n) is 42.2. The van der Waals surface area contributed by atoms with Crippen molar-refractivity contribution in [3.8, 4) is 135 Å². The van der Waals surface area contributed by atoms with E-state index in [4.69, 9.17) is 49.2 Å². The molecule has 14 nitrogen and oxygen atoms in total.